The lowest BCUT2D eigenvalue weighted by atomic mass is 10.2. The lowest BCUT2D eigenvalue weighted by molar-refractivity contribution is 0.0977. The topological polar surface area (TPSA) is 80.5 Å². The Labute approximate surface area is 197 Å². The average molecular weight is 474 g/mol. The molecule has 7 nitrogen and oxygen atoms in total. The van der Waals surface area contributed by atoms with Gasteiger partial charge in [-0.15, -0.1) is 0 Å². The molecule has 32 heavy (non-hydrogen) atoms. The van der Waals surface area contributed by atoms with Gasteiger partial charge in [0, 0.05) is 33.4 Å². The van der Waals surface area contributed by atoms with Gasteiger partial charge in [0.1, 0.15) is 5.75 Å². The maximum atomic E-state index is 12.9. The zero-order chi connectivity index (χ0) is 23.3. The molecule has 1 aromatic heterocycles. The number of ether oxygens (including phenoxy) is 1. The van der Waals surface area contributed by atoms with E-state index in [1.54, 1.807) is 49.6 Å². The number of carbonyl (C=O) groups is 1. The number of amides is 1. The lowest BCUT2D eigenvalue weighted by Crippen LogP contribution is -2.36. The van der Waals surface area contributed by atoms with Crippen LogP contribution in [0.1, 0.15) is 34.2 Å². The number of benzene rings is 2. The van der Waals surface area contributed by atoms with Crippen molar-refractivity contribution in [3.05, 3.63) is 75.0 Å². The van der Waals surface area contributed by atoms with Crippen molar-refractivity contribution in [1.82, 2.24) is 15.1 Å². The number of carbonyl (C=O) groups excluding carboxylic acids is 1. The Balaban J connectivity index is 1.93. The third kappa shape index (κ3) is 5.60. The Morgan fingerprint density at radius 3 is 2.56 bits per heavy atom. The van der Waals surface area contributed by atoms with Crippen LogP contribution in [0.15, 0.2) is 47.5 Å². The molecule has 0 fully saturated rings. The van der Waals surface area contributed by atoms with E-state index < -0.39 is 0 Å². The van der Waals surface area contributed by atoms with Crippen LogP contribution >= 0.6 is 23.2 Å². The van der Waals surface area contributed by atoms with Crippen LogP contribution in [0, 0.1) is 13.8 Å². The molecule has 0 spiro atoms. The smallest absolute Gasteiger partial charge is 0.258 e. The fourth-order valence-corrected chi connectivity index (χ4v) is 3.62. The monoisotopic (exact) mass is 473 g/mol. The molecule has 0 atom stereocenters. The molecule has 9 heteroatoms. The number of aliphatic imine (C=N–C) groups is 1. The highest BCUT2D eigenvalue weighted by molar-refractivity contribution is 6.31. The number of hydrogen-bond donors (Lipinski definition) is 2. The van der Waals surface area contributed by atoms with E-state index in [4.69, 9.17) is 27.9 Å². The van der Waals surface area contributed by atoms with Gasteiger partial charge in [-0.05, 0) is 57.2 Å². The largest absolute Gasteiger partial charge is 0.495 e. The van der Waals surface area contributed by atoms with E-state index in [1.165, 1.54) is 0 Å². The molecule has 0 aliphatic carbocycles. The molecule has 0 saturated carbocycles. The summed E-state index contributed by atoms with van der Waals surface area (Å²) in [7, 11) is 1.56. The number of halogens is 2. The molecule has 2 N–H and O–H groups in total. The minimum absolute atomic E-state index is 0.249. The first-order valence-corrected chi connectivity index (χ1v) is 10.8. The number of guanidine groups is 1. The molecule has 1 amide bonds. The molecule has 0 aliphatic heterocycles. The van der Waals surface area contributed by atoms with E-state index >= 15 is 0 Å². The molecule has 0 aliphatic rings. The van der Waals surface area contributed by atoms with Crippen molar-refractivity contribution in [2.75, 3.05) is 12.4 Å². The number of aromatic nitrogens is 2. The number of methoxy groups -OCH3 is 1. The van der Waals surface area contributed by atoms with Gasteiger partial charge in [-0.25, -0.2) is 4.99 Å². The molecule has 0 bridgehead atoms. The quantitative estimate of drug-likeness (QED) is 0.379. The molecule has 2 aromatic carbocycles. The van der Waals surface area contributed by atoms with Crippen molar-refractivity contribution in [3.63, 3.8) is 0 Å². The summed E-state index contributed by atoms with van der Waals surface area (Å²) in [5.41, 5.74) is 3.92. The summed E-state index contributed by atoms with van der Waals surface area (Å²) in [6.07, 6.45) is 0. The Morgan fingerprint density at radius 1 is 1.16 bits per heavy atom. The summed E-state index contributed by atoms with van der Waals surface area (Å²) < 4.78 is 7.33. The molecular formula is C23H25Cl2N5O2. The Morgan fingerprint density at radius 2 is 1.91 bits per heavy atom. The van der Waals surface area contributed by atoms with Gasteiger partial charge in [0.15, 0.2) is 0 Å². The molecule has 0 saturated heterocycles. The Bertz CT molecular complexity index is 1160. The minimum Gasteiger partial charge on any atom is -0.495 e. The molecule has 1 heterocycles. The lowest BCUT2D eigenvalue weighted by Gasteiger charge is -2.15. The van der Waals surface area contributed by atoms with E-state index in [0.717, 1.165) is 23.5 Å². The average Bonchev–Trinajstić information content (AvgIpc) is 3.04. The van der Waals surface area contributed by atoms with Crippen molar-refractivity contribution in [2.45, 2.75) is 33.9 Å². The highest BCUT2D eigenvalue weighted by Gasteiger charge is 2.14. The predicted octanol–water partition coefficient (Wildman–Crippen LogP) is 5.23. The first-order valence-electron chi connectivity index (χ1n) is 10.1. The molecule has 0 radical (unpaired) electrons. The minimum atomic E-state index is -0.350. The van der Waals surface area contributed by atoms with Crippen molar-refractivity contribution in [3.8, 4) is 5.75 Å². The van der Waals surface area contributed by atoms with E-state index in [0.29, 0.717) is 33.6 Å². The summed E-state index contributed by atoms with van der Waals surface area (Å²) >= 11 is 12.2. The number of nitrogens with zero attached hydrogens (tertiary/aromatic N) is 3. The van der Waals surface area contributed by atoms with Crippen LogP contribution in [-0.2, 0) is 13.1 Å². The Hall–Kier alpha value is -3.03. The SMILES string of the molecule is CCn1nc(C)c(CN=C(NC(=O)c2cccc(Cl)c2)Nc2cc(Cl)ccc2OC)c1C. The molecule has 3 aromatic rings. The summed E-state index contributed by atoms with van der Waals surface area (Å²) in [5.74, 6) is 0.460. The molecule has 0 unspecified atom stereocenters. The number of nitrogens with one attached hydrogen (secondary N) is 2. The first kappa shape index (κ1) is 23.6. The van der Waals surface area contributed by atoms with Crippen molar-refractivity contribution in [2.24, 2.45) is 4.99 Å². The van der Waals surface area contributed by atoms with Crippen LogP contribution in [0.25, 0.3) is 0 Å². The predicted molar refractivity (Wildman–Crippen MR) is 129 cm³/mol. The van der Waals surface area contributed by atoms with Gasteiger partial charge in [-0.1, -0.05) is 29.3 Å². The zero-order valence-electron chi connectivity index (χ0n) is 18.4. The first-order chi connectivity index (χ1) is 15.3. The van der Waals surface area contributed by atoms with Crippen LogP contribution in [0.2, 0.25) is 10.0 Å². The fraction of sp³-hybridized carbons (Fsp3) is 0.261. The third-order valence-corrected chi connectivity index (χ3v) is 5.43. The van der Waals surface area contributed by atoms with Gasteiger partial charge < -0.3 is 10.1 Å². The van der Waals surface area contributed by atoms with Crippen molar-refractivity contribution >= 4 is 40.8 Å². The van der Waals surface area contributed by atoms with Crippen molar-refractivity contribution < 1.29 is 9.53 Å². The van der Waals surface area contributed by atoms with Crippen LogP contribution in [0.5, 0.6) is 5.75 Å². The Kier molecular flexibility index (Phi) is 7.77. The maximum absolute atomic E-state index is 12.9. The van der Waals surface area contributed by atoms with E-state index in [2.05, 4.69) is 20.7 Å². The van der Waals surface area contributed by atoms with Crippen LogP contribution in [0.3, 0.4) is 0 Å². The van der Waals surface area contributed by atoms with E-state index in [9.17, 15) is 4.79 Å². The zero-order valence-corrected chi connectivity index (χ0v) is 19.9. The van der Waals surface area contributed by atoms with Gasteiger partial charge in [0.25, 0.3) is 5.91 Å². The van der Waals surface area contributed by atoms with Crippen LogP contribution in [0.4, 0.5) is 5.69 Å². The number of aryl methyl sites for hydroxylation is 2. The van der Waals surface area contributed by atoms with Gasteiger partial charge in [-0.2, -0.15) is 5.10 Å². The standard InChI is InChI=1S/C23H25Cl2N5O2/c1-5-30-15(3)19(14(2)29-30)13-26-23(27-20-12-18(25)9-10-21(20)32-4)28-22(31)16-7-6-8-17(24)11-16/h6-12H,5,13H2,1-4H3,(H2,26,27,28,31). The molecular weight excluding hydrogens is 449 g/mol. The van der Waals surface area contributed by atoms with Gasteiger partial charge in [-0.3, -0.25) is 14.8 Å². The summed E-state index contributed by atoms with van der Waals surface area (Å²) in [4.78, 5) is 17.5. The summed E-state index contributed by atoms with van der Waals surface area (Å²) in [6.45, 7) is 7.09. The highest BCUT2D eigenvalue weighted by atomic mass is 35.5. The second kappa shape index (κ2) is 10.5. The molecule has 168 valence electrons. The van der Waals surface area contributed by atoms with E-state index in [1.807, 2.05) is 25.5 Å². The van der Waals surface area contributed by atoms with Gasteiger partial charge in [0.05, 0.1) is 25.0 Å². The summed E-state index contributed by atoms with van der Waals surface area (Å²) in [5, 5.41) is 11.5. The normalized spacial score (nSPS) is 11.4. The van der Waals surface area contributed by atoms with E-state index in [-0.39, 0.29) is 11.9 Å². The van der Waals surface area contributed by atoms with Gasteiger partial charge >= 0.3 is 0 Å². The maximum Gasteiger partial charge on any atom is 0.258 e. The summed E-state index contributed by atoms with van der Waals surface area (Å²) in [6, 6.07) is 11.9. The number of anilines is 1. The second-order valence-electron chi connectivity index (χ2n) is 7.06. The van der Waals surface area contributed by atoms with Crippen molar-refractivity contribution in [1.29, 1.82) is 0 Å². The number of hydrogen-bond acceptors (Lipinski definition) is 4. The third-order valence-electron chi connectivity index (χ3n) is 4.96. The van der Waals surface area contributed by atoms with Crippen LogP contribution < -0.4 is 15.4 Å². The number of rotatable bonds is 6. The second-order valence-corrected chi connectivity index (χ2v) is 7.94. The van der Waals surface area contributed by atoms with Gasteiger partial charge in [0.2, 0.25) is 5.96 Å². The van der Waals surface area contributed by atoms with Crippen LogP contribution in [-0.4, -0.2) is 28.8 Å². The molecule has 3 rings (SSSR count). The highest BCUT2D eigenvalue weighted by Crippen LogP contribution is 2.27. The fourth-order valence-electron chi connectivity index (χ4n) is 3.25.